The van der Waals surface area contributed by atoms with E-state index in [0.29, 0.717) is 6.42 Å². The lowest BCUT2D eigenvalue weighted by Gasteiger charge is -2.17. The minimum atomic E-state index is -0.685. The van der Waals surface area contributed by atoms with E-state index in [1.165, 1.54) is 0 Å². The van der Waals surface area contributed by atoms with Crippen molar-refractivity contribution in [2.45, 2.75) is 32.7 Å². The average Bonchev–Trinajstić information content (AvgIpc) is 2.89. The lowest BCUT2D eigenvalue weighted by atomic mass is 10.1. The van der Waals surface area contributed by atoms with Gasteiger partial charge in [-0.15, -0.1) is 0 Å². The molecule has 0 saturated heterocycles. The number of hydrogen-bond donors (Lipinski definition) is 3. The van der Waals surface area contributed by atoms with E-state index in [1.807, 2.05) is 44.2 Å². The molecule has 0 bridgehead atoms. The van der Waals surface area contributed by atoms with E-state index in [2.05, 4.69) is 20.8 Å². The van der Waals surface area contributed by atoms with Crippen LogP contribution in [0.5, 0.6) is 0 Å². The van der Waals surface area contributed by atoms with E-state index in [9.17, 15) is 9.59 Å². The summed E-state index contributed by atoms with van der Waals surface area (Å²) in [5.74, 6) is -0.418. The van der Waals surface area contributed by atoms with Crippen molar-refractivity contribution in [1.29, 1.82) is 0 Å². The van der Waals surface area contributed by atoms with Gasteiger partial charge in [0.05, 0.1) is 5.69 Å². The Labute approximate surface area is 135 Å². The van der Waals surface area contributed by atoms with Crippen molar-refractivity contribution in [3.8, 4) is 0 Å². The molecule has 2 rings (SSSR count). The van der Waals surface area contributed by atoms with Gasteiger partial charge in [0.2, 0.25) is 11.8 Å². The number of carbonyl (C=O) groups is 2. The highest BCUT2D eigenvalue weighted by atomic mass is 16.2. The number of nitrogens with zero attached hydrogens (tertiary/aromatic N) is 1. The van der Waals surface area contributed by atoms with E-state index < -0.39 is 6.04 Å². The molecule has 0 fully saturated rings. The van der Waals surface area contributed by atoms with Gasteiger partial charge in [-0.05, 0) is 25.0 Å². The summed E-state index contributed by atoms with van der Waals surface area (Å²) in [6.07, 6.45) is 0.822. The fourth-order valence-corrected chi connectivity index (χ4v) is 2.33. The normalized spacial score (nSPS) is 11.8. The predicted octanol–water partition coefficient (Wildman–Crippen LogP) is 1.56. The van der Waals surface area contributed by atoms with Crippen molar-refractivity contribution in [3.63, 3.8) is 0 Å². The molecule has 1 atom stereocenters. The summed E-state index contributed by atoms with van der Waals surface area (Å²) in [6.45, 7) is 3.92. The Morgan fingerprint density at radius 1 is 1.22 bits per heavy atom. The number of nitrogens with one attached hydrogen (secondary N) is 3. The number of aromatic nitrogens is 2. The maximum atomic E-state index is 12.2. The van der Waals surface area contributed by atoms with Crippen LogP contribution in [-0.2, 0) is 16.0 Å². The summed E-state index contributed by atoms with van der Waals surface area (Å²) in [5.41, 5.74) is 3.72. The summed E-state index contributed by atoms with van der Waals surface area (Å²) >= 11 is 0. The zero-order valence-corrected chi connectivity index (χ0v) is 13.6. The van der Waals surface area contributed by atoms with E-state index in [-0.39, 0.29) is 18.2 Å². The predicted molar refractivity (Wildman–Crippen MR) is 87.8 cm³/mol. The standard InChI is InChI=1S/C17H22N4O2/c1-11-12(2)20-21-14(11)9-10-15(22)19-16(17(23)18-3)13-7-5-4-6-8-13/h4-8,16H,9-10H2,1-3H3,(H,18,23)(H,19,22)(H,20,21). The largest absolute Gasteiger partial charge is 0.357 e. The van der Waals surface area contributed by atoms with Gasteiger partial charge in [0, 0.05) is 25.6 Å². The minimum absolute atomic E-state index is 0.178. The van der Waals surface area contributed by atoms with Crippen molar-refractivity contribution in [2.75, 3.05) is 7.05 Å². The van der Waals surface area contributed by atoms with Gasteiger partial charge in [0.15, 0.2) is 0 Å². The number of benzene rings is 1. The van der Waals surface area contributed by atoms with Gasteiger partial charge in [-0.1, -0.05) is 30.3 Å². The molecule has 0 aliphatic carbocycles. The van der Waals surface area contributed by atoms with Crippen LogP contribution in [0, 0.1) is 13.8 Å². The summed E-state index contributed by atoms with van der Waals surface area (Å²) < 4.78 is 0. The molecular formula is C17H22N4O2. The SMILES string of the molecule is CNC(=O)C(NC(=O)CCc1n[nH]c(C)c1C)c1ccccc1. The van der Waals surface area contributed by atoms with Crippen molar-refractivity contribution < 1.29 is 9.59 Å². The summed E-state index contributed by atoms with van der Waals surface area (Å²) in [5, 5.41) is 12.5. The number of rotatable bonds is 6. The first-order valence-corrected chi connectivity index (χ1v) is 7.59. The van der Waals surface area contributed by atoms with Crippen LogP contribution in [0.1, 0.15) is 35.0 Å². The maximum Gasteiger partial charge on any atom is 0.246 e. The molecule has 2 amide bonds. The van der Waals surface area contributed by atoms with Gasteiger partial charge in [0.1, 0.15) is 6.04 Å². The first-order chi connectivity index (χ1) is 11.0. The molecule has 0 spiro atoms. The Balaban J connectivity index is 2.00. The number of likely N-dealkylation sites (N-methyl/N-ethyl adjacent to an activating group) is 1. The molecule has 0 aliphatic heterocycles. The van der Waals surface area contributed by atoms with Crippen LogP contribution >= 0.6 is 0 Å². The molecule has 1 unspecified atom stereocenters. The van der Waals surface area contributed by atoms with Crippen LogP contribution in [0.3, 0.4) is 0 Å². The zero-order chi connectivity index (χ0) is 16.8. The first kappa shape index (κ1) is 16.7. The van der Waals surface area contributed by atoms with E-state index >= 15 is 0 Å². The van der Waals surface area contributed by atoms with Crippen LogP contribution in [0.15, 0.2) is 30.3 Å². The summed E-state index contributed by atoms with van der Waals surface area (Å²) in [4.78, 5) is 24.2. The fraction of sp³-hybridized carbons (Fsp3) is 0.353. The van der Waals surface area contributed by atoms with Crippen LogP contribution in [-0.4, -0.2) is 29.1 Å². The third-order valence-electron chi connectivity index (χ3n) is 3.89. The second kappa shape index (κ2) is 7.58. The van der Waals surface area contributed by atoms with Gasteiger partial charge in [-0.3, -0.25) is 14.7 Å². The van der Waals surface area contributed by atoms with E-state index in [4.69, 9.17) is 0 Å². The molecule has 3 N–H and O–H groups in total. The van der Waals surface area contributed by atoms with Gasteiger partial charge < -0.3 is 10.6 Å². The molecule has 6 heteroatoms. The van der Waals surface area contributed by atoms with Gasteiger partial charge in [0.25, 0.3) is 0 Å². The molecule has 0 aliphatic rings. The second-order valence-corrected chi connectivity index (χ2v) is 5.45. The van der Waals surface area contributed by atoms with Crippen LogP contribution in [0.4, 0.5) is 0 Å². The smallest absolute Gasteiger partial charge is 0.246 e. The Morgan fingerprint density at radius 2 is 1.91 bits per heavy atom. The Hall–Kier alpha value is -2.63. The van der Waals surface area contributed by atoms with Crippen molar-refractivity contribution in [1.82, 2.24) is 20.8 Å². The molecule has 0 saturated carbocycles. The molecule has 6 nitrogen and oxygen atoms in total. The maximum absolute atomic E-state index is 12.2. The number of amides is 2. The van der Waals surface area contributed by atoms with Crippen molar-refractivity contribution in [2.24, 2.45) is 0 Å². The molecule has 1 aromatic heterocycles. The highest BCUT2D eigenvalue weighted by Crippen LogP contribution is 2.14. The summed E-state index contributed by atoms with van der Waals surface area (Å²) in [7, 11) is 1.56. The molecule has 1 aromatic carbocycles. The third kappa shape index (κ3) is 4.18. The number of carbonyl (C=O) groups excluding carboxylic acids is 2. The van der Waals surface area contributed by atoms with E-state index in [0.717, 1.165) is 22.5 Å². The average molecular weight is 314 g/mol. The highest BCUT2D eigenvalue weighted by molar-refractivity contribution is 5.88. The van der Waals surface area contributed by atoms with Crippen LogP contribution < -0.4 is 10.6 Å². The monoisotopic (exact) mass is 314 g/mol. The molecule has 23 heavy (non-hydrogen) atoms. The lowest BCUT2D eigenvalue weighted by Crippen LogP contribution is -2.39. The topological polar surface area (TPSA) is 86.9 Å². The minimum Gasteiger partial charge on any atom is -0.357 e. The number of aryl methyl sites for hydroxylation is 2. The Kier molecular flexibility index (Phi) is 5.51. The van der Waals surface area contributed by atoms with Gasteiger partial charge in [-0.2, -0.15) is 5.10 Å². The second-order valence-electron chi connectivity index (χ2n) is 5.45. The fourth-order valence-electron chi connectivity index (χ4n) is 2.33. The molecule has 1 heterocycles. The van der Waals surface area contributed by atoms with Gasteiger partial charge in [-0.25, -0.2) is 0 Å². The highest BCUT2D eigenvalue weighted by Gasteiger charge is 2.21. The quantitative estimate of drug-likeness (QED) is 0.756. The number of hydrogen-bond acceptors (Lipinski definition) is 3. The van der Waals surface area contributed by atoms with E-state index in [1.54, 1.807) is 7.05 Å². The number of aromatic amines is 1. The van der Waals surface area contributed by atoms with Crippen LogP contribution in [0.25, 0.3) is 0 Å². The third-order valence-corrected chi connectivity index (χ3v) is 3.89. The van der Waals surface area contributed by atoms with Crippen LogP contribution in [0.2, 0.25) is 0 Å². The summed E-state index contributed by atoms with van der Waals surface area (Å²) in [6, 6.07) is 8.51. The molecule has 122 valence electrons. The Bertz CT molecular complexity index is 679. The zero-order valence-electron chi connectivity index (χ0n) is 13.6. The van der Waals surface area contributed by atoms with Gasteiger partial charge >= 0.3 is 0 Å². The van der Waals surface area contributed by atoms with Crippen molar-refractivity contribution >= 4 is 11.8 Å². The molecule has 2 aromatic rings. The molecule has 0 radical (unpaired) electrons. The first-order valence-electron chi connectivity index (χ1n) is 7.59. The molecular weight excluding hydrogens is 292 g/mol. The Morgan fingerprint density at radius 3 is 2.48 bits per heavy atom. The lowest BCUT2D eigenvalue weighted by molar-refractivity contribution is -0.128. The van der Waals surface area contributed by atoms with Crippen molar-refractivity contribution in [3.05, 3.63) is 52.8 Å². The number of H-pyrrole nitrogens is 1.